The summed E-state index contributed by atoms with van der Waals surface area (Å²) >= 11 is 5.81. The molecule has 0 saturated carbocycles. The molecule has 2 unspecified atom stereocenters. The van der Waals surface area contributed by atoms with Crippen LogP contribution in [0.3, 0.4) is 0 Å². The highest BCUT2D eigenvalue weighted by Gasteiger charge is 2.22. The molecule has 1 saturated heterocycles. The van der Waals surface area contributed by atoms with Crippen LogP contribution in [0.5, 0.6) is 0 Å². The fraction of sp³-hybridized carbons (Fsp3) is 0.500. The second-order valence-corrected chi connectivity index (χ2v) is 5.30. The van der Waals surface area contributed by atoms with E-state index in [4.69, 9.17) is 11.6 Å². The molecule has 0 bridgehead atoms. The SMILES string of the molecule is CC1NCCCC1NC(=O)Cc1ccc(Cl)cc1.Cl. The highest BCUT2D eigenvalue weighted by atomic mass is 35.5. The van der Waals surface area contributed by atoms with Crippen LogP contribution in [0, 0.1) is 0 Å². The van der Waals surface area contributed by atoms with Crippen LogP contribution in [-0.2, 0) is 11.2 Å². The number of carbonyl (C=O) groups excluding carboxylic acids is 1. The summed E-state index contributed by atoms with van der Waals surface area (Å²) in [6.07, 6.45) is 2.59. The molecule has 0 radical (unpaired) electrons. The number of halogens is 2. The van der Waals surface area contributed by atoms with Crippen LogP contribution < -0.4 is 10.6 Å². The molecule has 1 heterocycles. The van der Waals surface area contributed by atoms with E-state index in [1.807, 2.05) is 24.3 Å². The standard InChI is InChI=1S/C14H19ClN2O.ClH/c1-10-13(3-2-8-16-10)17-14(18)9-11-4-6-12(15)7-5-11;/h4-7,10,13,16H,2-3,8-9H2,1H3,(H,17,18);1H. The van der Waals surface area contributed by atoms with Gasteiger partial charge in [0, 0.05) is 17.1 Å². The van der Waals surface area contributed by atoms with E-state index in [1.54, 1.807) is 0 Å². The number of nitrogens with one attached hydrogen (secondary N) is 2. The fourth-order valence-electron chi connectivity index (χ4n) is 2.29. The maximum absolute atomic E-state index is 11.9. The molecule has 0 aliphatic carbocycles. The van der Waals surface area contributed by atoms with Gasteiger partial charge in [0.2, 0.25) is 5.91 Å². The molecule has 2 rings (SSSR count). The third kappa shape index (κ3) is 5.01. The van der Waals surface area contributed by atoms with E-state index in [1.165, 1.54) is 0 Å². The van der Waals surface area contributed by atoms with E-state index < -0.39 is 0 Å². The van der Waals surface area contributed by atoms with E-state index in [2.05, 4.69) is 17.6 Å². The first-order valence-electron chi connectivity index (χ1n) is 6.42. The van der Waals surface area contributed by atoms with Gasteiger partial charge in [-0.1, -0.05) is 23.7 Å². The highest BCUT2D eigenvalue weighted by Crippen LogP contribution is 2.11. The van der Waals surface area contributed by atoms with Crippen molar-refractivity contribution >= 4 is 29.9 Å². The van der Waals surface area contributed by atoms with Gasteiger partial charge in [-0.15, -0.1) is 12.4 Å². The smallest absolute Gasteiger partial charge is 0.224 e. The first kappa shape index (κ1) is 16.3. The minimum Gasteiger partial charge on any atom is -0.352 e. The van der Waals surface area contributed by atoms with E-state index in [-0.39, 0.29) is 24.4 Å². The van der Waals surface area contributed by atoms with E-state index in [0.29, 0.717) is 17.5 Å². The molecule has 2 N–H and O–H groups in total. The Hall–Kier alpha value is -0.770. The van der Waals surface area contributed by atoms with Crippen LogP contribution >= 0.6 is 24.0 Å². The van der Waals surface area contributed by atoms with Gasteiger partial charge in [-0.05, 0) is 44.0 Å². The zero-order valence-electron chi connectivity index (χ0n) is 11.0. The van der Waals surface area contributed by atoms with Gasteiger partial charge in [0.15, 0.2) is 0 Å². The summed E-state index contributed by atoms with van der Waals surface area (Å²) in [5.41, 5.74) is 0.994. The zero-order valence-corrected chi connectivity index (χ0v) is 12.6. The Bertz CT molecular complexity index is 408. The fourth-order valence-corrected chi connectivity index (χ4v) is 2.41. The number of piperidine rings is 1. The van der Waals surface area contributed by atoms with Gasteiger partial charge >= 0.3 is 0 Å². The molecule has 3 nitrogen and oxygen atoms in total. The Kier molecular flexibility index (Phi) is 6.63. The number of benzene rings is 1. The first-order chi connectivity index (χ1) is 8.65. The lowest BCUT2D eigenvalue weighted by Gasteiger charge is -2.30. The minimum atomic E-state index is 0. The molecule has 1 aliphatic rings. The normalized spacial score (nSPS) is 22.4. The lowest BCUT2D eigenvalue weighted by Crippen LogP contribution is -2.52. The van der Waals surface area contributed by atoms with Crippen molar-refractivity contribution in [3.63, 3.8) is 0 Å². The average Bonchev–Trinajstić information content (AvgIpc) is 2.35. The largest absolute Gasteiger partial charge is 0.352 e. The molecule has 1 amide bonds. The lowest BCUT2D eigenvalue weighted by atomic mass is 9.99. The van der Waals surface area contributed by atoms with Gasteiger partial charge in [-0.3, -0.25) is 4.79 Å². The summed E-state index contributed by atoms with van der Waals surface area (Å²) in [4.78, 5) is 11.9. The van der Waals surface area contributed by atoms with Gasteiger partial charge in [0.05, 0.1) is 6.42 Å². The Labute approximate surface area is 125 Å². The van der Waals surface area contributed by atoms with Crippen molar-refractivity contribution in [1.29, 1.82) is 0 Å². The molecule has 0 aromatic heterocycles. The predicted molar refractivity (Wildman–Crippen MR) is 81.0 cm³/mol. The van der Waals surface area contributed by atoms with Crippen LogP contribution in [0.2, 0.25) is 5.02 Å². The van der Waals surface area contributed by atoms with Crippen molar-refractivity contribution in [2.75, 3.05) is 6.54 Å². The summed E-state index contributed by atoms with van der Waals surface area (Å²) in [5, 5.41) is 7.17. The Morgan fingerprint density at radius 2 is 2.11 bits per heavy atom. The van der Waals surface area contributed by atoms with Crippen LogP contribution in [0.4, 0.5) is 0 Å². The summed E-state index contributed by atoms with van der Waals surface area (Å²) in [5.74, 6) is 0.0814. The molecule has 1 aromatic rings. The summed E-state index contributed by atoms with van der Waals surface area (Å²) in [6.45, 7) is 3.16. The Morgan fingerprint density at radius 1 is 1.42 bits per heavy atom. The van der Waals surface area contributed by atoms with Crippen LogP contribution in [-0.4, -0.2) is 24.5 Å². The minimum absolute atomic E-state index is 0. The first-order valence-corrected chi connectivity index (χ1v) is 6.80. The maximum atomic E-state index is 11.9. The molecule has 106 valence electrons. The van der Waals surface area contributed by atoms with Crippen molar-refractivity contribution in [2.24, 2.45) is 0 Å². The number of rotatable bonds is 3. The molecule has 2 atom stereocenters. The van der Waals surface area contributed by atoms with E-state index in [0.717, 1.165) is 24.9 Å². The molecular weight excluding hydrogens is 283 g/mol. The molecule has 1 aromatic carbocycles. The highest BCUT2D eigenvalue weighted by molar-refractivity contribution is 6.30. The number of amides is 1. The van der Waals surface area contributed by atoms with Gasteiger partial charge in [-0.25, -0.2) is 0 Å². The number of hydrogen-bond donors (Lipinski definition) is 2. The molecule has 19 heavy (non-hydrogen) atoms. The van der Waals surface area contributed by atoms with Gasteiger partial charge in [-0.2, -0.15) is 0 Å². The summed E-state index contributed by atoms with van der Waals surface area (Å²) in [7, 11) is 0. The second-order valence-electron chi connectivity index (χ2n) is 4.86. The lowest BCUT2D eigenvalue weighted by molar-refractivity contribution is -0.121. The summed E-state index contributed by atoms with van der Waals surface area (Å²) < 4.78 is 0. The van der Waals surface area contributed by atoms with Crippen LogP contribution in [0.1, 0.15) is 25.3 Å². The van der Waals surface area contributed by atoms with Gasteiger partial charge < -0.3 is 10.6 Å². The number of carbonyl (C=O) groups is 1. The van der Waals surface area contributed by atoms with Crippen molar-refractivity contribution in [2.45, 2.75) is 38.3 Å². The summed E-state index contributed by atoms with van der Waals surface area (Å²) in [6, 6.07) is 8.02. The molecule has 1 fully saturated rings. The van der Waals surface area contributed by atoms with Gasteiger partial charge in [0.25, 0.3) is 0 Å². The third-order valence-corrected chi connectivity index (χ3v) is 3.64. The Balaban J connectivity index is 0.00000180. The van der Waals surface area contributed by atoms with Crippen molar-refractivity contribution in [3.8, 4) is 0 Å². The zero-order chi connectivity index (χ0) is 13.0. The quantitative estimate of drug-likeness (QED) is 0.901. The molecule has 1 aliphatic heterocycles. The van der Waals surface area contributed by atoms with E-state index >= 15 is 0 Å². The van der Waals surface area contributed by atoms with Gasteiger partial charge in [0.1, 0.15) is 0 Å². The monoisotopic (exact) mass is 302 g/mol. The predicted octanol–water partition coefficient (Wildman–Crippen LogP) is 2.56. The topological polar surface area (TPSA) is 41.1 Å². The van der Waals surface area contributed by atoms with Crippen LogP contribution in [0.15, 0.2) is 24.3 Å². The Morgan fingerprint density at radius 3 is 2.74 bits per heavy atom. The average molecular weight is 303 g/mol. The van der Waals surface area contributed by atoms with Crippen molar-refractivity contribution in [3.05, 3.63) is 34.9 Å². The maximum Gasteiger partial charge on any atom is 0.224 e. The third-order valence-electron chi connectivity index (χ3n) is 3.39. The van der Waals surface area contributed by atoms with Crippen molar-refractivity contribution < 1.29 is 4.79 Å². The molecule has 5 heteroatoms. The number of hydrogen-bond acceptors (Lipinski definition) is 2. The van der Waals surface area contributed by atoms with Crippen molar-refractivity contribution in [1.82, 2.24) is 10.6 Å². The second kappa shape index (κ2) is 7.73. The molecular formula is C14H20Cl2N2O. The van der Waals surface area contributed by atoms with E-state index in [9.17, 15) is 4.79 Å². The molecule has 0 spiro atoms. The van der Waals surface area contributed by atoms with Crippen LogP contribution in [0.25, 0.3) is 0 Å².